The lowest BCUT2D eigenvalue weighted by atomic mass is 10.2. The largest absolute Gasteiger partial charge is 0.390 e. The first kappa shape index (κ1) is 15.5. The minimum atomic E-state index is -4.46. The van der Waals surface area contributed by atoms with E-state index in [1.807, 2.05) is 4.72 Å². The number of halogens is 3. The van der Waals surface area contributed by atoms with E-state index in [0.717, 1.165) is 6.92 Å². The van der Waals surface area contributed by atoms with Crippen molar-refractivity contribution >= 4 is 10.0 Å². The Labute approximate surface area is 108 Å². The van der Waals surface area contributed by atoms with E-state index in [1.165, 1.54) is 24.3 Å². The van der Waals surface area contributed by atoms with Gasteiger partial charge in [0.15, 0.2) is 0 Å². The maximum Gasteiger partial charge on any atom is 0.390 e. The third kappa shape index (κ3) is 4.54. The van der Waals surface area contributed by atoms with Crippen molar-refractivity contribution in [3.8, 4) is 6.07 Å². The van der Waals surface area contributed by atoms with Crippen LogP contribution in [0.2, 0.25) is 0 Å². The molecule has 1 aromatic rings. The van der Waals surface area contributed by atoms with Crippen molar-refractivity contribution in [1.82, 2.24) is 4.72 Å². The average molecular weight is 292 g/mol. The average Bonchev–Trinajstić information content (AvgIpc) is 2.25. The SMILES string of the molecule is CC(CC(F)(F)F)NS(=O)(=O)c1ccccc1C#N. The summed E-state index contributed by atoms with van der Waals surface area (Å²) in [4.78, 5) is -0.327. The molecule has 0 aromatic heterocycles. The molecule has 1 N–H and O–H groups in total. The van der Waals surface area contributed by atoms with E-state index in [9.17, 15) is 21.6 Å². The lowest BCUT2D eigenvalue weighted by Crippen LogP contribution is -2.36. The van der Waals surface area contributed by atoms with Crippen LogP contribution in [0, 0.1) is 11.3 Å². The van der Waals surface area contributed by atoms with Gasteiger partial charge in [0.2, 0.25) is 10.0 Å². The molecule has 0 amide bonds. The number of nitrogens with one attached hydrogen (secondary N) is 1. The molecule has 1 unspecified atom stereocenters. The van der Waals surface area contributed by atoms with E-state index in [4.69, 9.17) is 5.26 Å². The van der Waals surface area contributed by atoms with Gasteiger partial charge in [0.1, 0.15) is 6.07 Å². The number of alkyl halides is 3. The second-order valence-corrected chi connectivity index (χ2v) is 5.63. The van der Waals surface area contributed by atoms with Crippen LogP contribution in [0.3, 0.4) is 0 Å². The number of sulfonamides is 1. The van der Waals surface area contributed by atoms with Gasteiger partial charge >= 0.3 is 6.18 Å². The molecule has 0 heterocycles. The fourth-order valence-corrected chi connectivity index (χ4v) is 2.91. The topological polar surface area (TPSA) is 70.0 Å². The molecule has 0 radical (unpaired) electrons. The first-order valence-electron chi connectivity index (χ1n) is 5.24. The number of hydrogen-bond donors (Lipinski definition) is 1. The number of benzene rings is 1. The summed E-state index contributed by atoms with van der Waals surface area (Å²) in [5, 5.41) is 8.78. The molecule has 104 valence electrons. The van der Waals surface area contributed by atoms with Crippen LogP contribution < -0.4 is 4.72 Å². The molecule has 0 spiro atoms. The Morgan fingerprint density at radius 2 is 1.95 bits per heavy atom. The summed E-state index contributed by atoms with van der Waals surface area (Å²) >= 11 is 0. The summed E-state index contributed by atoms with van der Waals surface area (Å²) in [5.74, 6) is 0. The summed E-state index contributed by atoms with van der Waals surface area (Å²) in [7, 11) is -4.15. The fraction of sp³-hybridized carbons (Fsp3) is 0.364. The van der Waals surface area contributed by atoms with Crippen molar-refractivity contribution in [2.45, 2.75) is 30.5 Å². The second kappa shape index (κ2) is 5.59. The fourth-order valence-electron chi connectivity index (χ4n) is 1.51. The van der Waals surface area contributed by atoms with Gasteiger partial charge in [-0.15, -0.1) is 0 Å². The van der Waals surface area contributed by atoms with Crippen molar-refractivity contribution in [2.24, 2.45) is 0 Å². The van der Waals surface area contributed by atoms with Crippen LogP contribution >= 0.6 is 0 Å². The Bertz CT molecular complexity index is 591. The zero-order valence-electron chi connectivity index (χ0n) is 9.90. The van der Waals surface area contributed by atoms with Crippen LogP contribution in [0.5, 0.6) is 0 Å². The number of nitrogens with zero attached hydrogens (tertiary/aromatic N) is 1. The van der Waals surface area contributed by atoms with Gasteiger partial charge in [-0.25, -0.2) is 13.1 Å². The predicted molar refractivity (Wildman–Crippen MR) is 61.6 cm³/mol. The van der Waals surface area contributed by atoms with Crippen LogP contribution in [0.4, 0.5) is 13.2 Å². The highest BCUT2D eigenvalue weighted by molar-refractivity contribution is 7.89. The van der Waals surface area contributed by atoms with Gasteiger partial charge in [0.25, 0.3) is 0 Å². The Morgan fingerprint density at radius 1 is 1.37 bits per heavy atom. The molecular weight excluding hydrogens is 281 g/mol. The number of nitriles is 1. The molecule has 0 aliphatic heterocycles. The number of hydrogen-bond acceptors (Lipinski definition) is 3. The van der Waals surface area contributed by atoms with Crippen LogP contribution in [-0.4, -0.2) is 20.6 Å². The smallest absolute Gasteiger partial charge is 0.208 e. The van der Waals surface area contributed by atoms with E-state index in [1.54, 1.807) is 6.07 Å². The van der Waals surface area contributed by atoms with Gasteiger partial charge in [0.05, 0.1) is 16.9 Å². The Hall–Kier alpha value is -1.59. The molecule has 4 nitrogen and oxygen atoms in total. The van der Waals surface area contributed by atoms with Gasteiger partial charge in [-0.05, 0) is 19.1 Å². The first-order chi connectivity index (χ1) is 8.65. The normalized spacial score (nSPS) is 13.8. The molecule has 0 saturated heterocycles. The van der Waals surface area contributed by atoms with Gasteiger partial charge in [0, 0.05) is 6.04 Å². The van der Waals surface area contributed by atoms with Crippen molar-refractivity contribution < 1.29 is 21.6 Å². The maximum absolute atomic E-state index is 12.1. The van der Waals surface area contributed by atoms with Gasteiger partial charge in [-0.2, -0.15) is 18.4 Å². The van der Waals surface area contributed by atoms with Gasteiger partial charge in [-0.3, -0.25) is 0 Å². The molecule has 8 heteroatoms. The Morgan fingerprint density at radius 3 is 2.47 bits per heavy atom. The van der Waals surface area contributed by atoms with Gasteiger partial charge < -0.3 is 0 Å². The highest BCUT2D eigenvalue weighted by atomic mass is 32.2. The highest BCUT2D eigenvalue weighted by Gasteiger charge is 2.32. The molecule has 0 aliphatic carbocycles. The third-order valence-corrected chi connectivity index (χ3v) is 3.84. The molecule has 0 saturated carbocycles. The van der Waals surface area contributed by atoms with E-state index in [-0.39, 0.29) is 10.5 Å². The third-order valence-electron chi connectivity index (χ3n) is 2.19. The van der Waals surface area contributed by atoms with E-state index in [0.29, 0.717) is 0 Å². The quantitative estimate of drug-likeness (QED) is 0.924. The number of rotatable bonds is 4. The highest BCUT2D eigenvalue weighted by Crippen LogP contribution is 2.22. The lowest BCUT2D eigenvalue weighted by Gasteiger charge is -2.16. The molecule has 1 rings (SSSR count). The van der Waals surface area contributed by atoms with Gasteiger partial charge in [-0.1, -0.05) is 12.1 Å². The summed E-state index contributed by atoms with van der Waals surface area (Å²) in [5.41, 5.74) is -0.116. The minimum Gasteiger partial charge on any atom is -0.208 e. The molecule has 0 aliphatic rings. The zero-order valence-corrected chi connectivity index (χ0v) is 10.7. The maximum atomic E-state index is 12.1. The monoisotopic (exact) mass is 292 g/mol. The molecule has 1 aromatic carbocycles. The molecular formula is C11H11F3N2O2S. The first-order valence-corrected chi connectivity index (χ1v) is 6.72. The van der Waals surface area contributed by atoms with Crippen LogP contribution in [0.15, 0.2) is 29.2 Å². The summed E-state index contributed by atoms with van der Waals surface area (Å²) in [6.07, 6.45) is -5.74. The van der Waals surface area contributed by atoms with Crippen LogP contribution in [0.25, 0.3) is 0 Å². The summed E-state index contributed by atoms with van der Waals surface area (Å²) in [6, 6.07) is 5.68. The Kier molecular flexibility index (Phi) is 4.55. The van der Waals surface area contributed by atoms with Crippen molar-refractivity contribution in [1.29, 1.82) is 5.26 Å². The molecule has 1 atom stereocenters. The van der Waals surface area contributed by atoms with E-state index in [2.05, 4.69) is 0 Å². The molecule has 0 fully saturated rings. The zero-order chi connectivity index (χ0) is 14.7. The van der Waals surface area contributed by atoms with Crippen molar-refractivity contribution in [3.63, 3.8) is 0 Å². The van der Waals surface area contributed by atoms with E-state index < -0.39 is 28.7 Å². The van der Waals surface area contributed by atoms with Crippen LogP contribution in [-0.2, 0) is 10.0 Å². The van der Waals surface area contributed by atoms with Crippen molar-refractivity contribution in [3.05, 3.63) is 29.8 Å². The lowest BCUT2D eigenvalue weighted by molar-refractivity contribution is -0.137. The predicted octanol–water partition coefficient (Wildman–Crippen LogP) is 2.18. The van der Waals surface area contributed by atoms with Crippen LogP contribution in [0.1, 0.15) is 18.9 Å². The summed E-state index contributed by atoms with van der Waals surface area (Å²) in [6.45, 7) is 1.11. The molecule has 19 heavy (non-hydrogen) atoms. The van der Waals surface area contributed by atoms with Crippen molar-refractivity contribution in [2.75, 3.05) is 0 Å². The van der Waals surface area contributed by atoms with E-state index >= 15 is 0 Å². The Balaban J connectivity index is 2.97. The second-order valence-electron chi connectivity index (χ2n) is 3.95. The molecule has 0 bridgehead atoms. The summed E-state index contributed by atoms with van der Waals surface area (Å²) < 4.78 is 62.1. The minimum absolute atomic E-state index is 0.116. The standard InChI is InChI=1S/C11H11F3N2O2S/c1-8(6-11(12,13)14)16-19(17,18)10-5-3-2-4-9(10)7-15/h2-5,8,16H,6H2,1H3.